The van der Waals surface area contributed by atoms with Gasteiger partial charge in [-0.25, -0.2) is 0 Å². The van der Waals surface area contributed by atoms with Gasteiger partial charge in [0.2, 0.25) is 5.91 Å². The summed E-state index contributed by atoms with van der Waals surface area (Å²) in [5, 5.41) is 2.74. The minimum absolute atomic E-state index is 0.110. The smallest absolute Gasteiger partial charge is 0.224 e. The van der Waals surface area contributed by atoms with E-state index >= 15 is 0 Å². The molecule has 3 N–H and O–H groups in total. The van der Waals surface area contributed by atoms with Crippen LogP contribution in [-0.4, -0.2) is 30.9 Å². The van der Waals surface area contributed by atoms with Crippen molar-refractivity contribution in [3.63, 3.8) is 0 Å². The summed E-state index contributed by atoms with van der Waals surface area (Å²) in [4.78, 5) is 14.0. The molecule has 1 aromatic carbocycles. The molecule has 19 heavy (non-hydrogen) atoms. The monoisotopic (exact) mass is 325 g/mol. The average Bonchev–Trinajstić information content (AvgIpc) is 2.43. The Labute approximate surface area is 122 Å². The number of carbonyl (C=O) groups is 1. The Kier molecular flexibility index (Phi) is 4.82. The molecule has 0 spiro atoms. The van der Waals surface area contributed by atoms with E-state index in [0.29, 0.717) is 0 Å². The Morgan fingerprint density at radius 3 is 3.11 bits per heavy atom. The third kappa shape index (κ3) is 3.48. The average molecular weight is 326 g/mol. The second-order valence-electron chi connectivity index (χ2n) is 5.01. The van der Waals surface area contributed by atoms with Gasteiger partial charge in [-0.2, -0.15) is 0 Å². The number of nitrogen functional groups attached to an aromatic ring is 1. The summed E-state index contributed by atoms with van der Waals surface area (Å²) < 4.78 is 0.970. The first-order chi connectivity index (χ1) is 9.11. The van der Waals surface area contributed by atoms with Crippen LogP contribution in [0.2, 0.25) is 0 Å². The van der Waals surface area contributed by atoms with E-state index in [2.05, 4.69) is 32.2 Å². The molecule has 1 fully saturated rings. The number of piperidine rings is 1. The predicted octanol–water partition coefficient (Wildman–Crippen LogP) is 1.99. The summed E-state index contributed by atoms with van der Waals surface area (Å²) in [7, 11) is 1.70. The fourth-order valence-electron chi connectivity index (χ4n) is 2.58. The third-order valence-electron chi connectivity index (χ3n) is 3.63. The van der Waals surface area contributed by atoms with Gasteiger partial charge in [0, 0.05) is 30.3 Å². The van der Waals surface area contributed by atoms with Crippen molar-refractivity contribution < 1.29 is 4.79 Å². The van der Waals surface area contributed by atoms with Gasteiger partial charge in [-0.1, -0.05) is 12.1 Å². The number of hydrogen-bond acceptors (Lipinski definition) is 3. The van der Waals surface area contributed by atoms with E-state index in [0.717, 1.165) is 42.6 Å². The van der Waals surface area contributed by atoms with Crippen LogP contribution in [0, 0.1) is 5.92 Å². The zero-order valence-electron chi connectivity index (χ0n) is 11.2. The summed E-state index contributed by atoms with van der Waals surface area (Å²) in [6.45, 7) is 2.69. The number of nitrogens with two attached hydrogens (primary N) is 1. The van der Waals surface area contributed by atoms with Crippen LogP contribution in [0.3, 0.4) is 0 Å². The second-order valence-corrected chi connectivity index (χ2v) is 5.80. The molecular formula is C14H20BrN3O. The Balaban J connectivity index is 2.03. The molecule has 1 atom stereocenters. The maximum Gasteiger partial charge on any atom is 0.224 e. The van der Waals surface area contributed by atoms with E-state index in [1.54, 1.807) is 7.05 Å². The lowest BCUT2D eigenvalue weighted by molar-refractivity contribution is -0.126. The maximum atomic E-state index is 11.7. The normalized spacial score (nSPS) is 20.2. The molecule has 1 amide bonds. The van der Waals surface area contributed by atoms with Crippen LogP contribution in [0.5, 0.6) is 0 Å². The van der Waals surface area contributed by atoms with Crippen molar-refractivity contribution in [3.8, 4) is 0 Å². The highest BCUT2D eigenvalue weighted by atomic mass is 79.9. The van der Waals surface area contributed by atoms with E-state index in [1.165, 1.54) is 5.56 Å². The molecule has 1 aliphatic rings. The topological polar surface area (TPSA) is 58.4 Å². The Morgan fingerprint density at radius 1 is 1.58 bits per heavy atom. The molecule has 0 radical (unpaired) electrons. The van der Waals surface area contributed by atoms with Crippen molar-refractivity contribution in [2.75, 3.05) is 25.9 Å². The van der Waals surface area contributed by atoms with E-state index in [1.807, 2.05) is 12.1 Å². The lowest BCUT2D eigenvalue weighted by atomic mass is 9.97. The van der Waals surface area contributed by atoms with E-state index in [4.69, 9.17) is 5.73 Å². The van der Waals surface area contributed by atoms with E-state index in [9.17, 15) is 4.79 Å². The molecular weight excluding hydrogens is 306 g/mol. The van der Waals surface area contributed by atoms with Crippen molar-refractivity contribution in [1.29, 1.82) is 0 Å². The molecule has 0 aliphatic carbocycles. The highest BCUT2D eigenvalue weighted by Gasteiger charge is 2.25. The number of hydrogen-bond donors (Lipinski definition) is 2. The van der Waals surface area contributed by atoms with Gasteiger partial charge in [-0.3, -0.25) is 9.69 Å². The molecule has 5 heteroatoms. The molecule has 4 nitrogen and oxygen atoms in total. The van der Waals surface area contributed by atoms with Gasteiger partial charge >= 0.3 is 0 Å². The number of carbonyl (C=O) groups excluding carboxylic acids is 1. The number of nitrogens with zero attached hydrogens (tertiary/aromatic N) is 1. The highest BCUT2D eigenvalue weighted by molar-refractivity contribution is 9.10. The molecule has 2 rings (SSSR count). The minimum atomic E-state index is 0.110. The van der Waals surface area contributed by atoms with Crippen LogP contribution in [0.15, 0.2) is 22.7 Å². The zero-order valence-corrected chi connectivity index (χ0v) is 12.7. The first kappa shape index (κ1) is 14.3. The lowest BCUT2D eigenvalue weighted by Crippen LogP contribution is -2.41. The predicted molar refractivity (Wildman–Crippen MR) is 80.6 cm³/mol. The van der Waals surface area contributed by atoms with Crippen molar-refractivity contribution >= 4 is 27.5 Å². The Bertz CT molecular complexity index is 464. The van der Waals surface area contributed by atoms with Crippen molar-refractivity contribution in [3.05, 3.63) is 28.2 Å². The van der Waals surface area contributed by atoms with Gasteiger partial charge in [0.25, 0.3) is 0 Å². The molecule has 1 saturated heterocycles. The lowest BCUT2D eigenvalue weighted by Gasteiger charge is -2.32. The van der Waals surface area contributed by atoms with Crippen molar-refractivity contribution in [2.24, 2.45) is 5.92 Å². The first-order valence-electron chi connectivity index (χ1n) is 6.58. The van der Waals surface area contributed by atoms with Crippen LogP contribution in [0.1, 0.15) is 18.4 Å². The number of amides is 1. The molecule has 1 aliphatic heterocycles. The standard InChI is InChI=1S/C14H20BrN3O/c1-17-14(19)11-5-3-7-18(9-11)8-10-4-2-6-12(16)13(10)15/h2,4,6,11H,3,5,7-9,16H2,1H3,(H,17,19). The summed E-state index contributed by atoms with van der Waals surface area (Å²) >= 11 is 3.53. The Hall–Kier alpha value is -1.07. The molecule has 1 heterocycles. The number of likely N-dealkylation sites (tertiary alicyclic amines) is 1. The maximum absolute atomic E-state index is 11.7. The SMILES string of the molecule is CNC(=O)C1CCCN(Cc2cccc(N)c2Br)C1. The number of anilines is 1. The van der Waals surface area contributed by atoms with Crippen LogP contribution < -0.4 is 11.1 Å². The second kappa shape index (κ2) is 6.39. The highest BCUT2D eigenvalue weighted by Crippen LogP contribution is 2.26. The molecule has 104 valence electrons. The van der Waals surface area contributed by atoms with Crippen LogP contribution in [0.4, 0.5) is 5.69 Å². The number of halogens is 1. The van der Waals surface area contributed by atoms with Crippen LogP contribution >= 0.6 is 15.9 Å². The minimum Gasteiger partial charge on any atom is -0.398 e. The van der Waals surface area contributed by atoms with Gasteiger partial charge < -0.3 is 11.1 Å². The first-order valence-corrected chi connectivity index (χ1v) is 7.38. The zero-order chi connectivity index (χ0) is 13.8. The van der Waals surface area contributed by atoms with Gasteiger partial charge in [-0.15, -0.1) is 0 Å². The van der Waals surface area contributed by atoms with Crippen molar-refractivity contribution in [1.82, 2.24) is 10.2 Å². The molecule has 1 aromatic rings. The van der Waals surface area contributed by atoms with Crippen LogP contribution in [0.25, 0.3) is 0 Å². The van der Waals surface area contributed by atoms with Gasteiger partial charge in [0.1, 0.15) is 0 Å². The largest absolute Gasteiger partial charge is 0.398 e. The number of rotatable bonds is 3. The number of benzene rings is 1. The van der Waals surface area contributed by atoms with Gasteiger partial charge in [-0.05, 0) is 46.9 Å². The van der Waals surface area contributed by atoms with Gasteiger partial charge in [0.05, 0.1) is 5.92 Å². The van der Waals surface area contributed by atoms with Gasteiger partial charge in [0.15, 0.2) is 0 Å². The van der Waals surface area contributed by atoms with Crippen molar-refractivity contribution in [2.45, 2.75) is 19.4 Å². The molecule has 1 unspecified atom stereocenters. The fraction of sp³-hybridized carbons (Fsp3) is 0.500. The van der Waals surface area contributed by atoms with E-state index in [-0.39, 0.29) is 11.8 Å². The molecule has 0 saturated carbocycles. The summed E-state index contributed by atoms with van der Waals surface area (Å²) in [6.07, 6.45) is 2.05. The molecule has 0 bridgehead atoms. The molecule has 0 aromatic heterocycles. The number of nitrogens with one attached hydrogen (secondary N) is 1. The summed E-state index contributed by atoms with van der Waals surface area (Å²) in [6, 6.07) is 5.93. The quantitative estimate of drug-likeness (QED) is 0.835. The Morgan fingerprint density at radius 2 is 2.37 bits per heavy atom. The third-order valence-corrected chi connectivity index (χ3v) is 4.59. The summed E-state index contributed by atoms with van der Waals surface area (Å²) in [5.74, 6) is 0.259. The van der Waals surface area contributed by atoms with E-state index < -0.39 is 0 Å². The van der Waals surface area contributed by atoms with Crippen LogP contribution in [-0.2, 0) is 11.3 Å². The summed E-state index contributed by atoms with van der Waals surface area (Å²) in [5.41, 5.74) is 7.83. The fourth-order valence-corrected chi connectivity index (χ4v) is 2.97.